The highest BCUT2D eigenvalue weighted by atomic mass is 16.7. The molecule has 0 radical (unpaired) electrons. The van der Waals surface area contributed by atoms with Crippen molar-refractivity contribution >= 4 is 5.78 Å². The lowest BCUT2D eigenvalue weighted by atomic mass is 10.0. The molecule has 11 heavy (non-hydrogen) atoms. The summed E-state index contributed by atoms with van der Waals surface area (Å²) in [7, 11) is 0. The first-order valence-electron chi connectivity index (χ1n) is 3.37. The van der Waals surface area contributed by atoms with Crippen LogP contribution in [0.4, 0.5) is 0 Å². The summed E-state index contributed by atoms with van der Waals surface area (Å²) in [6, 6.07) is 0. The zero-order valence-corrected chi connectivity index (χ0v) is 5.64. The Balaban J connectivity index is 2.23. The standard InChI is InChI=1S/C6H8O5/c7-3-2-1-10-6(11-2)5(9)4(3)8/h2,4-6,8-9H,1H2/t2-,4+,5+,6?/m1/s1. The number of hydrogen-bond donors (Lipinski definition) is 2. The van der Waals surface area contributed by atoms with Gasteiger partial charge >= 0.3 is 0 Å². The molecular weight excluding hydrogens is 152 g/mol. The van der Waals surface area contributed by atoms with Crippen molar-refractivity contribution in [3.8, 4) is 0 Å². The molecule has 4 atom stereocenters. The summed E-state index contributed by atoms with van der Waals surface area (Å²) in [6.45, 7) is 0.137. The molecule has 0 amide bonds. The smallest absolute Gasteiger partial charge is 0.195 e. The number of ether oxygens (including phenoxy) is 2. The normalized spacial score (nSPS) is 49.8. The van der Waals surface area contributed by atoms with Crippen LogP contribution in [-0.4, -0.2) is 47.2 Å². The topological polar surface area (TPSA) is 76.0 Å². The van der Waals surface area contributed by atoms with E-state index in [4.69, 9.17) is 19.7 Å². The van der Waals surface area contributed by atoms with E-state index in [9.17, 15) is 4.79 Å². The van der Waals surface area contributed by atoms with Gasteiger partial charge < -0.3 is 19.7 Å². The fraction of sp³-hybridized carbons (Fsp3) is 0.833. The van der Waals surface area contributed by atoms with E-state index in [1.165, 1.54) is 0 Å². The van der Waals surface area contributed by atoms with Gasteiger partial charge in [-0.05, 0) is 0 Å². The molecule has 2 N–H and O–H groups in total. The van der Waals surface area contributed by atoms with Gasteiger partial charge in [-0.25, -0.2) is 0 Å². The Labute approximate surface area is 62.5 Å². The molecule has 0 aromatic rings. The van der Waals surface area contributed by atoms with Crippen molar-refractivity contribution in [1.82, 2.24) is 0 Å². The zero-order chi connectivity index (χ0) is 8.01. The summed E-state index contributed by atoms with van der Waals surface area (Å²) >= 11 is 0. The van der Waals surface area contributed by atoms with Crippen LogP contribution >= 0.6 is 0 Å². The number of aliphatic hydroxyl groups excluding tert-OH is 2. The monoisotopic (exact) mass is 160 g/mol. The second-order valence-electron chi connectivity index (χ2n) is 2.66. The Bertz CT molecular complexity index is 191. The van der Waals surface area contributed by atoms with Crippen molar-refractivity contribution in [2.45, 2.75) is 24.6 Å². The molecule has 2 fully saturated rings. The molecule has 1 unspecified atom stereocenters. The average Bonchev–Trinajstić information content (AvgIpc) is 2.44. The van der Waals surface area contributed by atoms with E-state index < -0.39 is 30.4 Å². The minimum absolute atomic E-state index is 0.137. The van der Waals surface area contributed by atoms with E-state index >= 15 is 0 Å². The summed E-state index contributed by atoms with van der Waals surface area (Å²) in [5.41, 5.74) is 0. The van der Waals surface area contributed by atoms with Gasteiger partial charge in [0.15, 0.2) is 12.1 Å². The number of hydrogen-bond acceptors (Lipinski definition) is 5. The molecular formula is C6H8O5. The van der Waals surface area contributed by atoms with Crippen LogP contribution < -0.4 is 0 Å². The molecule has 2 aliphatic rings. The van der Waals surface area contributed by atoms with Gasteiger partial charge in [-0.3, -0.25) is 4.79 Å². The zero-order valence-electron chi connectivity index (χ0n) is 5.64. The number of carbonyl (C=O) groups is 1. The maximum Gasteiger partial charge on any atom is 0.195 e. The predicted octanol–water partition coefficient (Wildman–Crippen LogP) is -1.97. The lowest BCUT2D eigenvalue weighted by Gasteiger charge is -2.26. The van der Waals surface area contributed by atoms with Crippen molar-refractivity contribution in [2.24, 2.45) is 0 Å². The van der Waals surface area contributed by atoms with Gasteiger partial charge in [0.1, 0.15) is 18.3 Å². The van der Waals surface area contributed by atoms with E-state index in [1.54, 1.807) is 0 Å². The van der Waals surface area contributed by atoms with Crippen molar-refractivity contribution in [1.29, 1.82) is 0 Å². The molecule has 0 aromatic heterocycles. The third kappa shape index (κ3) is 0.893. The van der Waals surface area contributed by atoms with Crippen LogP contribution in [0.2, 0.25) is 0 Å². The van der Waals surface area contributed by atoms with Crippen LogP contribution in [0.15, 0.2) is 0 Å². The lowest BCUT2D eigenvalue weighted by Crippen LogP contribution is -2.50. The van der Waals surface area contributed by atoms with Gasteiger partial charge in [-0.2, -0.15) is 0 Å². The molecule has 2 saturated heterocycles. The summed E-state index contributed by atoms with van der Waals surface area (Å²) in [6.07, 6.45) is -4.09. The maximum absolute atomic E-state index is 11.0. The van der Waals surface area contributed by atoms with Crippen molar-refractivity contribution in [3.05, 3.63) is 0 Å². The van der Waals surface area contributed by atoms with E-state index in [-0.39, 0.29) is 6.61 Å². The number of ketones is 1. The van der Waals surface area contributed by atoms with Crippen LogP contribution in [0.1, 0.15) is 0 Å². The van der Waals surface area contributed by atoms with Gasteiger partial charge in [-0.1, -0.05) is 0 Å². The second-order valence-corrected chi connectivity index (χ2v) is 2.66. The van der Waals surface area contributed by atoms with E-state index in [0.717, 1.165) is 0 Å². The minimum Gasteiger partial charge on any atom is -0.385 e. The van der Waals surface area contributed by atoms with Crippen LogP contribution in [0.3, 0.4) is 0 Å². The van der Waals surface area contributed by atoms with Gasteiger partial charge in [0.25, 0.3) is 0 Å². The van der Waals surface area contributed by atoms with E-state index in [1.807, 2.05) is 0 Å². The molecule has 2 bridgehead atoms. The Morgan fingerprint density at radius 3 is 2.91 bits per heavy atom. The van der Waals surface area contributed by atoms with Crippen LogP contribution in [0.25, 0.3) is 0 Å². The first-order valence-corrected chi connectivity index (χ1v) is 3.37. The van der Waals surface area contributed by atoms with E-state index in [2.05, 4.69) is 0 Å². The van der Waals surface area contributed by atoms with Crippen molar-refractivity contribution in [3.63, 3.8) is 0 Å². The second kappa shape index (κ2) is 2.25. The first kappa shape index (κ1) is 7.17. The largest absolute Gasteiger partial charge is 0.385 e. The van der Waals surface area contributed by atoms with Crippen LogP contribution in [0, 0.1) is 0 Å². The summed E-state index contributed by atoms with van der Waals surface area (Å²) < 4.78 is 9.79. The summed E-state index contributed by atoms with van der Waals surface area (Å²) in [5.74, 6) is -0.494. The third-order valence-electron chi connectivity index (χ3n) is 1.92. The molecule has 62 valence electrons. The fourth-order valence-corrected chi connectivity index (χ4v) is 1.26. The quantitative estimate of drug-likeness (QED) is 0.430. The predicted molar refractivity (Wildman–Crippen MR) is 31.6 cm³/mol. The molecule has 0 aliphatic carbocycles. The lowest BCUT2D eigenvalue weighted by molar-refractivity contribution is -0.194. The molecule has 2 aliphatic heterocycles. The number of rotatable bonds is 0. The van der Waals surface area contributed by atoms with Crippen molar-refractivity contribution in [2.75, 3.05) is 6.61 Å². The molecule has 5 heteroatoms. The Morgan fingerprint density at radius 1 is 1.45 bits per heavy atom. The number of Topliss-reactive ketones (excluding diaryl/α,β-unsaturated/α-hetero) is 1. The highest BCUT2D eigenvalue weighted by Crippen LogP contribution is 2.24. The van der Waals surface area contributed by atoms with Gasteiger partial charge in [-0.15, -0.1) is 0 Å². The third-order valence-corrected chi connectivity index (χ3v) is 1.92. The maximum atomic E-state index is 11.0. The Hall–Kier alpha value is -0.490. The number of carbonyl (C=O) groups excluding carboxylic acids is 1. The molecule has 2 heterocycles. The highest BCUT2D eigenvalue weighted by Gasteiger charge is 2.48. The molecule has 0 spiro atoms. The minimum atomic E-state index is -1.35. The van der Waals surface area contributed by atoms with E-state index in [0.29, 0.717) is 0 Å². The molecule has 5 nitrogen and oxygen atoms in total. The van der Waals surface area contributed by atoms with Gasteiger partial charge in [0.05, 0.1) is 6.61 Å². The Morgan fingerprint density at radius 2 is 2.18 bits per heavy atom. The molecule has 2 rings (SSSR count). The fourth-order valence-electron chi connectivity index (χ4n) is 1.26. The van der Waals surface area contributed by atoms with Crippen LogP contribution in [0.5, 0.6) is 0 Å². The average molecular weight is 160 g/mol. The molecule has 0 aromatic carbocycles. The highest BCUT2D eigenvalue weighted by molar-refractivity contribution is 5.89. The number of fused-ring (bicyclic) bond motifs is 2. The molecule has 0 saturated carbocycles. The van der Waals surface area contributed by atoms with Gasteiger partial charge in [0, 0.05) is 0 Å². The summed E-state index contributed by atoms with van der Waals surface area (Å²) in [4.78, 5) is 11.0. The summed E-state index contributed by atoms with van der Waals surface area (Å²) in [5, 5.41) is 18.2. The van der Waals surface area contributed by atoms with Gasteiger partial charge in [0.2, 0.25) is 0 Å². The van der Waals surface area contributed by atoms with Crippen molar-refractivity contribution < 1.29 is 24.5 Å². The Kier molecular flexibility index (Phi) is 1.47. The SMILES string of the molecule is O=C1[C@H]2COC(O2)[C@@H](O)[C@H]1O. The first-order chi connectivity index (χ1) is 5.20. The number of aliphatic hydroxyl groups is 2. The van der Waals surface area contributed by atoms with Crippen LogP contribution in [-0.2, 0) is 14.3 Å².